The third-order valence-corrected chi connectivity index (χ3v) is 3.11. The van der Waals surface area contributed by atoms with Crippen molar-refractivity contribution in [1.82, 2.24) is 15.2 Å². The number of anilines is 1. The molecule has 0 aliphatic rings. The van der Waals surface area contributed by atoms with E-state index < -0.39 is 0 Å². The highest BCUT2D eigenvalue weighted by Gasteiger charge is 2.07. The van der Waals surface area contributed by atoms with Crippen LogP contribution in [0.5, 0.6) is 0 Å². The van der Waals surface area contributed by atoms with Gasteiger partial charge in [-0.05, 0) is 38.2 Å². The van der Waals surface area contributed by atoms with E-state index in [1.165, 1.54) is 0 Å². The normalized spacial score (nSPS) is 10.5. The first kappa shape index (κ1) is 15.4. The molecule has 0 atom stereocenters. The smallest absolute Gasteiger partial charge is 0.269 e. The van der Waals surface area contributed by atoms with Crippen LogP contribution in [0, 0.1) is 0 Å². The summed E-state index contributed by atoms with van der Waals surface area (Å²) in [6.45, 7) is 8.09. The maximum atomic E-state index is 11.9. The minimum absolute atomic E-state index is 0.114. The lowest BCUT2D eigenvalue weighted by Crippen LogP contribution is -2.30. The molecule has 1 aromatic heterocycles. The molecule has 0 aliphatic carbocycles. The van der Waals surface area contributed by atoms with E-state index in [4.69, 9.17) is 0 Å². The highest BCUT2D eigenvalue weighted by molar-refractivity contribution is 5.93. The average molecular weight is 264 g/mol. The Labute approximate surface area is 115 Å². The SMILES string of the molecule is CCN(CC)CCCNC(=O)c1cc(NC)ccn1. The molecule has 0 saturated carbocycles. The van der Waals surface area contributed by atoms with Crippen LogP contribution in [0.1, 0.15) is 30.8 Å². The summed E-state index contributed by atoms with van der Waals surface area (Å²) < 4.78 is 0. The Balaban J connectivity index is 2.34. The fraction of sp³-hybridized carbons (Fsp3) is 0.571. The second kappa shape index (κ2) is 8.48. The molecular weight excluding hydrogens is 240 g/mol. The summed E-state index contributed by atoms with van der Waals surface area (Å²) in [6, 6.07) is 3.58. The van der Waals surface area contributed by atoms with Gasteiger partial charge in [0.05, 0.1) is 0 Å². The zero-order valence-electron chi connectivity index (χ0n) is 12.1. The topological polar surface area (TPSA) is 57.3 Å². The van der Waals surface area contributed by atoms with E-state index in [0.717, 1.165) is 31.7 Å². The number of nitrogens with zero attached hydrogens (tertiary/aromatic N) is 2. The molecule has 5 heteroatoms. The van der Waals surface area contributed by atoms with E-state index in [-0.39, 0.29) is 5.91 Å². The number of hydrogen-bond acceptors (Lipinski definition) is 4. The zero-order chi connectivity index (χ0) is 14.1. The van der Waals surface area contributed by atoms with Crippen LogP contribution in [0.4, 0.5) is 5.69 Å². The van der Waals surface area contributed by atoms with Crippen molar-refractivity contribution < 1.29 is 4.79 Å². The highest BCUT2D eigenvalue weighted by Crippen LogP contribution is 2.06. The summed E-state index contributed by atoms with van der Waals surface area (Å²) in [5.41, 5.74) is 1.35. The van der Waals surface area contributed by atoms with Crippen LogP contribution in [-0.2, 0) is 0 Å². The summed E-state index contributed by atoms with van der Waals surface area (Å²) in [4.78, 5) is 18.3. The van der Waals surface area contributed by atoms with Crippen LogP contribution < -0.4 is 10.6 Å². The van der Waals surface area contributed by atoms with E-state index in [0.29, 0.717) is 12.2 Å². The monoisotopic (exact) mass is 264 g/mol. The number of carbonyl (C=O) groups excluding carboxylic acids is 1. The molecule has 0 aromatic carbocycles. The molecular formula is C14H24N4O. The number of nitrogens with one attached hydrogen (secondary N) is 2. The summed E-state index contributed by atoms with van der Waals surface area (Å²) in [7, 11) is 1.82. The number of aromatic nitrogens is 1. The average Bonchev–Trinajstić information content (AvgIpc) is 2.47. The molecule has 0 saturated heterocycles. The van der Waals surface area contributed by atoms with E-state index in [9.17, 15) is 4.79 Å². The molecule has 0 unspecified atom stereocenters. The summed E-state index contributed by atoms with van der Waals surface area (Å²) in [6.07, 6.45) is 2.59. The van der Waals surface area contributed by atoms with Crippen LogP contribution >= 0.6 is 0 Å². The quantitative estimate of drug-likeness (QED) is 0.700. The van der Waals surface area contributed by atoms with Gasteiger partial charge in [-0.3, -0.25) is 9.78 Å². The van der Waals surface area contributed by atoms with Crippen molar-refractivity contribution in [3.8, 4) is 0 Å². The largest absolute Gasteiger partial charge is 0.388 e. The third kappa shape index (κ3) is 5.26. The molecule has 0 spiro atoms. The molecule has 0 fully saturated rings. The van der Waals surface area contributed by atoms with Crippen LogP contribution in [0.15, 0.2) is 18.3 Å². The van der Waals surface area contributed by atoms with Gasteiger partial charge in [0.2, 0.25) is 0 Å². The fourth-order valence-corrected chi connectivity index (χ4v) is 1.85. The van der Waals surface area contributed by atoms with Crippen molar-refractivity contribution in [3.05, 3.63) is 24.0 Å². The van der Waals surface area contributed by atoms with Crippen molar-refractivity contribution in [2.45, 2.75) is 20.3 Å². The third-order valence-electron chi connectivity index (χ3n) is 3.11. The van der Waals surface area contributed by atoms with Crippen molar-refractivity contribution in [3.63, 3.8) is 0 Å². The van der Waals surface area contributed by atoms with Gasteiger partial charge in [0, 0.05) is 25.5 Å². The number of carbonyl (C=O) groups is 1. The molecule has 1 amide bonds. The summed E-state index contributed by atoms with van der Waals surface area (Å²) in [5, 5.41) is 5.89. The lowest BCUT2D eigenvalue weighted by molar-refractivity contribution is 0.0947. The van der Waals surface area contributed by atoms with E-state index in [2.05, 4.69) is 34.4 Å². The van der Waals surface area contributed by atoms with Gasteiger partial charge in [-0.15, -0.1) is 0 Å². The second-order valence-electron chi connectivity index (χ2n) is 4.32. The van der Waals surface area contributed by atoms with Crippen LogP contribution in [0.2, 0.25) is 0 Å². The van der Waals surface area contributed by atoms with Gasteiger partial charge in [0.25, 0.3) is 5.91 Å². The molecule has 2 N–H and O–H groups in total. The molecule has 0 aliphatic heterocycles. The number of hydrogen-bond donors (Lipinski definition) is 2. The number of rotatable bonds is 8. The first-order valence-corrected chi connectivity index (χ1v) is 6.85. The number of amides is 1. The molecule has 0 radical (unpaired) electrons. The maximum absolute atomic E-state index is 11.9. The van der Waals surface area contributed by atoms with Crippen molar-refractivity contribution in [1.29, 1.82) is 0 Å². The molecule has 5 nitrogen and oxygen atoms in total. The molecule has 0 bridgehead atoms. The maximum Gasteiger partial charge on any atom is 0.269 e. The second-order valence-corrected chi connectivity index (χ2v) is 4.32. The van der Waals surface area contributed by atoms with Crippen LogP contribution in [-0.4, -0.2) is 49.0 Å². The summed E-state index contributed by atoms with van der Waals surface area (Å²) in [5.74, 6) is -0.114. The van der Waals surface area contributed by atoms with E-state index >= 15 is 0 Å². The van der Waals surface area contributed by atoms with Gasteiger partial charge in [-0.1, -0.05) is 13.8 Å². The Kier molecular flexibility index (Phi) is 6.89. The highest BCUT2D eigenvalue weighted by atomic mass is 16.1. The Morgan fingerprint density at radius 2 is 2.11 bits per heavy atom. The molecule has 1 rings (SSSR count). The van der Waals surface area contributed by atoms with Gasteiger partial charge < -0.3 is 15.5 Å². The minimum atomic E-state index is -0.114. The van der Waals surface area contributed by atoms with E-state index in [1.54, 1.807) is 12.3 Å². The molecule has 1 heterocycles. The molecule has 19 heavy (non-hydrogen) atoms. The number of pyridine rings is 1. The van der Waals surface area contributed by atoms with Crippen molar-refractivity contribution >= 4 is 11.6 Å². The Bertz CT molecular complexity index is 391. The first-order valence-electron chi connectivity index (χ1n) is 6.85. The zero-order valence-corrected chi connectivity index (χ0v) is 12.1. The van der Waals surface area contributed by atoms with Gasteiger partial charge in [-0.25, -0.2) is 0 Å². The minimum Gasteiger partial charge on any atom is -0.388 e. The lowest BCUT2D eigenvalue weighted by Gasteiger charge is -2.17. The summed E-state index contributed by atoms with van der Waals surface area (Å²) >= 11 is 0. The Morgan fingerprint density at radius 1 is 1.37 bits per heavy atom. The fourth-order valence-electron chi connectivity index (χ4n) is 1.85. The Hall–Kier alpha value is -1.62. The van der Waals surface area contributed by atoms with Gasteiger partial charge in [-0.2, -0.15) is 0 Å². The molecule has 1 aromatic rings. The lowest BCUT2D eigenvalue weighted by atomic mass is 10.3. The van der Waals surface area contributed by atoms with Crippen molar-refractivity contribution in [2.75, 3.05) is 38.5 Å². The van der Waals surface area contributed by atoms with Crippen LogP contribution in [0.3, 0.4) is 0 Å². The van der Waals surface area contributed by atoms with Crippen molar-refractivity contribution in [2.24, 2.45) is 0 Å². The van der Waals surface area contributed by atoms with Gasteiger partial charge in [0.15, 0.2) is 0 Å². The standard InChI is InChI=1S/C14H24N4O/c1-4-18(5-2)10-6-8-17-14(19)13-11-12(15-3)7-9-16-13/h7,9,11H,4-6,8,10H2,1-3H3,(H,15,16)(H,17,19). The first-order chi connectivity index (χ1) is 9.21. The van der Waals surface area contributed by atoms with E-state index in [1.807, 2.05) is 13.1 Å². The van der Waals surface area contributed by atoms with Gasteiger partial charge >= 0.3 is 0 Å². The van der Waals surface area contributed by atoms with Gasteiger partial charge in [0.1, 0.15) is 5.69 Å². The van der Waals surface area contributed by atoms with Crippen LogP contribution in [0.25, 0.3) is 0 Å². The predicted molar refractivity (Wildman–Crippen MR) is 78.5 cm³/mol. The Morgan fingerprint density at radius 3 is 2.74 bits per heavy atom. The molecule has 106 valence electrons. The predicted octanol–water partition coefficient (Wildman–Crippen LogP) is 1.58.